The maximum Gasteiger partial charge on any atom is 0.492 e. The summed E-state index contributed by atoms with van der Waals surface area (Å²) < 4.78 is 19.4. The molecule has 0 saturated carbocycles. The molecule has 1 amide bonds. The third-order valence-electron chi connectivity index (χ3n) is 6.74. The molecule has 190 valence electrons. The molecule has 10 heteroatoms. The summed E-state index contributed by atoms with van der Waals surface area (Å²) in [5.74, 6) is -0.873. The molecule has 2 aliphatic heterocycles. The second-order valence-corrected chi connectivity index (χ2v) is 10.6. The Hall–Kier alpha value is -2.91. The van der Waals surface area contributed by atoms with E-state index in [-0.39, 0.29) is 16.0 Å². The number of amides is 1. The van der Waals surface area contributed by atoms with Crippen LogP contribution in [0.2, 0.25) is 10.0 Å². The van der Waals surface area contributed by atoms with Crippen molar-refractivity contribution >= 4 is 47.4 Å². The Morgan fingerprint density at radius 3 is 2.62 bits per heavy atom. The van der Waals surface area contributed by atoms with Gasteiger partial charge in [0.15, 0.2) is 11.9 Å². The molecule has 3 aromatic carbocycles. The average molecular weight is 541 g/mol. The second kappa shape index (κ2) is 9.76. The number of hydrogen-bond acceptors (Lipinski definition) is 5. The molecule has 0 bridgehead atoms. The molecule has 0 saturated heterocycles. The quantitative estimate of drug-likeness (QED) is 0.345. The molecule has 3 aromatic rings. The largest absolute Gasteiger partial charge is 0.492 e. The number of benzene rings is 3. The van der Waals surface area contributed by atoms with Gasteiger partial charge in [-0.15, -0.1) is 0 Å². The Balaban J connectivity index is 1.24. The van der Waals surface area contributed by atoms with Crippen LogP contribution in [0.3, 0.4) is 0 Å². The van der Waals surface area contributed by atoms with E-state index in [0.29, 0.717) is 29.8 Å². The predicted octanol–water partition coefficient (Wildman–Crippen LogP) is 5.19. The standard InChI is InChI=1S/C27H24BCl2FN2O4/c1-14-8-16(23-12-24(36-33-23)17-10-21(29)25(31)22(30)11-17)5-6-18(14)26(34)32-13-15-4-7-19-20(9-15)28(35)37-27(19,2)3/h4-11,24,35H,12-13H2,1-3H3,(H,32,34). The molecule has 0 spiro atoms. The van der Waals surface area contributed by atoms with Crippen molar-refractivity contribution < 1.29 is 23.7 Å². The van der Waals surface area contributed by atoms with Gasteiger partial charge in [-0.2, -0.15) is 0 Å². The highest BCUT2D eigenvalue weighted by Crippen LogP contribution is 2.35. The van der Waals surface area contributed by atoms with Gasteiger partial charge in [-0.3, -0.25) is 4.79 Å². The molecular formula is C27H24BCl2FN2O4. The minimum atomic E-state index is -0.977. The van der Waals surface area contributed by atoms with Gasteiger partial charge in [0.2, 0.25) is 0 Å². The SMILES string of the molecule is Cc1cc(C2=NOC(c3cc(Cl)c(F)c(Cl)c3)C2)ccc1C(=O)NCc1ccc2c(c1)B(O)OC2(C)C. The van der Waals surface area contributed by atoms with Crippen LogP contribution in [-0.4, -0.2) is 23.8 Å². The van der Waals surface area contributed by atoms with E-state index >= 15 is 0 Å². The third kappa shape index (κ3) is 4.99. The highest BCUT2D eigenvalue weighted by molar-refractivity contribution is 6.62. The van der Waals surface area contributed by atoms with Gasteiger partial charge in [0.05, 0.1) is 21.4 Å². The van der Waals surface area contributed by atoms with Crippen molar-refractivity contribution in [2.24, 2.45) is 5.16 Å². The Morgan fingerprint density at radius 2 is 1.92 bits per heavy atom. The Morgan fingerprint density at radius 1 is 1.19 bits per heavy atom. The molecule has 1 atom stereocenters. The predicted molar refractivity (Wildman–Crippen MR) is 142 cm³/mol. The fourth-order valence-electron chi connectivity index (χ4n) is 4.74. The molecule has 0 fully saturated rings. The van der Waals surface area contributed by atoms with Crippen LogP contribution in [0.1, 0.15) is 64.5 Å². The summed E-state index contributed by atoms with van der Waals surface area (Å²) >= 11 is 11.8. The first-order chi connectivity index (χ1) is 17.5. The summed E-state index contributed by atoms with van der Waals surface area (Å²) in [5.41, 5.74) is 5.47. The molecule has 6 nitrogen and oxygen atoms in total. The number of halogens is 3. The topological polar surface area (TPSA) is 80.2 Å². The summed E-state index contributed by atoms with van der Waals surface area (Å²) in [7, 11) is -0.977. The van der Waals surface area contributed by atoms with Crippen molar-refractivity contribution in [3.63, 3.8) is 0 Å². The fraction of sp³-hybridized carbons (Fsp3) is 0.259. The molecule has 5 rings (SSSR count). The summed E-state index contributed by atoms with van der Waals surface area (Å²) in [5, 5.41) is 17.2. The number of nitrogens with zero attached hydrogens (tertiary/aromatic N) is 1. The second-order valence-electron chi connectivity index (χ2n) is 9.75. The fourth-order valence-corrected chi connectivity index (χ4v) is 5.25. The molecule has 2 aliphatic rings. The maximum atomic E-state index is 13.8. The highest BCUT2D eigenvalue weighted by Gasteiger charge is 2.40. The van der Waals surface area contributed by atoms with Gasteiger partial charge in [-0.1, -0.05) is 52.6 Å². The van der Waals surface area contributed by atoms with E-state index in [1.54, 1.807) is 6.07 Å². The van der Waals surface area contributed by atoms with Crippen molar-refractivity contribution in [2.45, 2.75) is 45.4 Å². The van der Waals surface area contributed by atoms with E-state index in [2.05, 4.69) is 10.5 Å². The molecular weight excluding hydrogens is 517 g/mol. The number of carbonyl (C=O) groups is 1. The lowest BCUT2D eigenvalue weighted by Gasteiger charge is -2.19. The minimum Gasteiger partial charge on any atom is -0.423 e. The Labute approximate surface area is 224 Å². The molecule has 0 aliphatic carbocycles. The number of fused-ring (bicyclic) bond motifs is 1. The van der Waals surface area contributed by atoms with Crippen LogP contribution in [0.15, 0.2) is 53.7 Å². The lowest BCUT2D eigenvalue weighted by Crippen LogP contribution is -2.30. The zero-order chi connectivity index (χ0) is 26.5. The zero-order valence-corrected chi connectivity index (χ0v) is 22.0. The lowest BCUT2D eigenvalue weighted by molar-refractivity contribution is 0.0857. The molecule has 0 radical (unpaired) electrons. The van der Waals surface area contributed by atoms with Gasteiger partial charge >= 0.3 is 7.12 Å². The first kappa shape index (κ1) is 25.7. The first-order valence-corrected chi connectivity index (χ1v) is 12.5. The van der Waals surface area contributed by atoms with E-state index in [0.717, 1.165) is 27.7 Å². The number of aryl methyl sites for hydroxylation is 1. The van der Waals surface area contributed by atoms with E-state index in [1.807, 2.05) is 51.1 Å². The average Bonchev–Trinajstić information content (AvgIpc) is 3.43. The highest BCUT2D eigenvalue weighted by atomic mass is 35.5. The Kier molecular flexibility index (Phi) is 6.79. The van der Waals surface area contributed by atoms with Crippen LogP contribution >= 0.6 is 23.2 Å². The number of oxime groups is 1. The Bertz CT molecular complexity index is 1420. The smallest absolute Gasteiger partial charge is 0.423 e. The summed E-state index contributed by atoms with van der Waals surface area (Å²) in [6.45, 7) is 5.99. The molecule has 2 N–H and O–H groups in total. The summed E-state index contributed by atoms with van der Waals surface area (Å²) in [6.07, 6.45) is 0.0178. The van der Waals surface area contributed by atoms with E-state index < -0.39 is 24.6 Å². The first-order valence-electron chi connectivity index (χ1n) is 11.8. The number of nitrogens with one attached hydrogen (secondary N) is 1. The maximum absolute atomic E-state index is 13.8. The van der Waals surface area contributed by atoms with Crippen LogP contribution in [0, 0.1) is 12.7 Å². The van der Waals surface area contributed by atoms with E-state index in [9.17, 15) is 14.2 Å². The van der Waals surface area contributed by atoms with Crippen LogP contribution in [0.25, 0.3) is 0 Å². The molecule has 0 aromatic heterocycles. The molecule has 2 heterocycles. The van der Waals surface area contributed by atoms with Crippen molar-refractivity contribution in [1.29, 1.82) is 0 Å². The van der Waals surface area contributed by atoms with Gasteiger partial charge in [-0.25, -0.2) is 4.39 Å². The van der Waals surface area contributed by atoms with Crippen molar-refractivity contribution in [3.8, 4) is 0 Å². The van der Waals surface area contributed by atoms with Gasteiger partial charge in [0, 0.05) is 18.5 Å². The van der Waals surface area contributed by atoms with Crippen LogP contribution in [-0.2, 0) is 21.6 Å². The third-order valence-corrected chi connectivity index (χ3v) is 7.29. The number of rotatable bonds is 5. The van der Waals surface area contributed by atoms with Gasteiger partial charge in [0.25, 0.3) is 5.91 Å². The van der Waals surface area contributed by atoms with E-state index in [1.165, 1.54) is 12.1 Å². The number of hydrogen-bond donors (Lipinski definition) is 2. The monoisotopic (exact) mass is 540 g/mol. The van der Waals surface area contributed by atoms with Crippen molar-refractivity contribution in [1.82, 2.24) is 5.32 Å². The lowest BCUT2D eigenvalue weighted by atomic mass is 9.77. The summed E-state index contributed by atoms with van der Waals surface area (Å²) in [6, 6.07) is 14.1. The van der Waals surface area contributed by atoms with Crippen LogP contribution in [0.5, 0.6) is 0 Å². The van der Waals surface area contributed by atoms with Gasteiger partial charge in [-0.05, 0) is 78.3 Å². The van der Waals surface area contributed by atoms with Crippen molar-refractivity contribution in [3.05, 3.63) is 97.8 Å². The zero-order valence-electron chi connectivity index (χ0n) is 20.4. The van der Waals surface area contributed by atoms with Crippen LogP contribution in [0.4, 0.5) is 4.39 Å². The molecule has 37 heavy (non-hydrogen) atoms. The molecule has 1 unspecified atom stereocenters. The summed E-state index contributed by atoms with van der Waals surface area (Å²) in [4.78, 5) is 18.5. The van der Waals surface area contributed by atoms with Gasteiger partial charge < -0.3 is 19.8 Å². The van der Waals surface area contributed by atoms with Crippen molar-refractivity contribution in [2.75, 3.05) is 0 Å². The number of carbonyl (C=O) groups excluding carboxylic acids is 1. The van der Waals surface area contributed by atoms with E-state index in [4.69, 9.17) is 32.7 Å². The van der Waals surface area contributed by atoms with Crippen LogP contribution < -0.4 is 10.8 Å². The minimum absolute atomic E-state index is 0.0704. The van der Waals surface area contributed by atoms with Gasteiger partial charge in [0.1, 0.15) is 0 Å². The normalized spacial score (nSPS) is 17.9.